The first-order valence-electron chi connectivity index (χ1n) is 12.6. The quantitative estimate of drug-likeness (QED) is 0.268. The van der Waals surface area contributed by atoms with Gasteiger partial charge in [0, 0.05) is 29.2 Å². The van der Waals surface area contributed by atoms with Crippen molar-refractivity contribution in [3.8, 4) is 0 Å². The zero-order chi connectivity index (χ0) is 26.2. The Hall–Kier alpha value is -3.25. The van der Waals surface area contributed by atoms with Crippen LogP contribution in [0.3, 0.4) is 0 Å². The van der Waals surface area contributed by atoms with Gasteiger partial charge in [-0.2, -0.15) is 0 Å². The van der Waals surface area contributed by atoms with Crippen molar-refractivity contribution in [2.45, 2.75) is 52.9 Å². The summed E-state index contributed by atoms with van der Waals surface area (Å²) in [6, 6.07) is 13.2. The van der Waals surface area contributed by atoms with Gasteiger partial charge in [0.1, 0.15) is 5.52 Å². The van der Waals surface area contributed by atoms with Crippen molar-refractivity contribution < 1.29 is 9.21 Å². The second-order valence-corrected chi connectivity index (χ2v) is 9.42. The van der Waals surface area contributed by atoms with Crippen LogP contribution in [0.15, 0.2) is 90.2 Å². The molecule has 0 radical (unpaired) electrons. The fourth-order valence-corrected chi connectivity index (χ4v) is 4.26. The van der Waals surface area contributed by atoms with E-state index in [4.69, 9.17) is 4.42 Å². The Morgan fingerprint density at radius 2 is 1.89 bits per heavy atom. The number of carbonyl (C=O) groups excluding carboxylic acids is 1. The number of hydrogen-bond acceptors (Lipinski definition) is 5. The topological polar surface area (TPSA) is 58.4 Å². The molecule has 2 heterocycles. The number of oxazole rings is 1. The maximum absolute atomic E-state index is 12.5. The summed E-state index contributed by atoms with van der Waals surface area (Å²) in [6.07, 6.45) is 13.4. The summed E-state index contributed by atoms with van der Waals surface area (Å²) in [5.74, 6) is 1.03. The van der Waals surface area contributed by atoms with Crippen molar-refractivity contribution >= 4 is 40.3 Å². The molecule has 2 aromatic carbocycles. The summed E-state index contributed by atoms with van der Waals surface area (Å²) >= 11 is 1.87. The molecule has 4 rings (SSSR count). The molecule has 3 aromatic rings. The van der Waals surface area contributed by atoms with E-state index >= 15 is 0 Å². The Morgan fingerprint density at radius 3 is 2.53 bits per heavy atom. The standard InChI is InChI=1S/C19H19N3O2S.C7H10.C4H10/c23-19(21-15-6-9-18-17(12-15)20-13-24-18)14-4-7-16(8-5-14)22-10-2-1-3-11-25-22;1-4-6-7(3)5-2;1-3-4-2/h4-9,12-13H,1-3,10-11H2,(H,21,23);4-6H,2-3H2,1H3;3-4H2,1-2H3/b;6-4-;. The third-order valence-corrected chi connectivity index (χ3v) is 6.58. The summed E-state index contributed by atoms with van der Waals surface area (Å²) in [5.41, 5.74) is 4.90. The number of allylic oxidation sites excluding steroid dienone is 4. The number of carbonyl (C=O) groups is 1. The molecule has 6 heteroatoms. The van der Waals surface area contributed by atoms with Gasteiger partial charge in [-0.25, -0.2) is 4.98 Å². The summed E-state index contributed by atoms with van der Waals surface area (Å²) in [6.45, 7) is 14.6. The van der Waals surface area contributed by atoms with Crippen molar-refractivity contribution in [2.24, 2.45) is 0 Å². The summed E-state index contributed by atoms with van der Waals surface area (Å²) in [4.78, 5) is 16.6. The van der Waals surface area contributed by atoms with Crippen LogP contribution in [0.4, 0.5) is 11.4 Å². The minimum atomic E-state index is -0.127. The van der Waals surface area contributed by atoms with Gasteiger partial charge in [0.05, 0.1) is 0 Å². The minimum Gasteiger partial charge on any atom is -0.443 e. The average Bonchev–Trinajstić information content (AvgIpc) is 3.21. The van der Waals surface area contributed by atoms with Gasteiger partial charge in [0.2, 0.25) is 0 Å². The van der Waals surface area contributed by atoms with Crippen LogP contribution in [0.5, 0.6) is 0 Å². The smallest absolute Gasteiger partial charge is 0.255 e. The SMILES string of the molecule is C=CC(=C)/C=C\C.CCCC.O=C(Nc1ccc2ocnc2c1)c1ccc(N2CCCCCS2)cc1. The molecule has 0 aliphatic carbocycles. The van der Waals surface area contributed by atoms with Crippen molar-refractivity contribution in [3.63, 3.8) is 0 Å². The minimum absolute atomic E-state index is 0.127. The third kappa shape index (κ3) is 9.78. The van der Waals surface area contributed by atoms with Crippen molar-refractivity contribution in [1.29, 1.82) is 0 Å². The largest absolute Gasteiger partial charge is 0.443 e. The van der Waals surface area contributed by atoms with Crippen molar-refractivity contribution in [2.75, 3.05) is 21.9 Å². The van der Waals surface area contributed by atoms with Crippen LogP contribution in [-0.4, -0.2) is 23.2 Å². The van der Waals surface area contributed by atoms with E-state index in [0.717, 1.165) is 29.1 Å². The molecule has 1 saturated heterocycles. The number of rotatable bonds is 6. The van der Waals surface area contributed by atoms with Gasteiger partial charge in [0.15, 0.2) is 12.0 Å². The molecule has 0 bridgehead atoms. The first-order chi connectivity index (χ1) is 17.5. The number of hydrogen-bond donors (Lipinski definition) is 1. The lowest BCUT2D eigenvalue weighted by Gasteiger charge is -2.21. The highest BCUT2D eigenvalue weighted by molar-refractivity contribution is 8.00. The van der Waals surface area contributed by atoms with Gasteiger partial charge >= 0.3 is 0 Å². The van der Waals surface area contributed by atoms with E-state index < -0.39 is 0 Å². The second-order valence-electron chi connectivity index (χ2n) is 8.31. The first kappa shape index (κ1) is 29.0. The molecule has 0 saturated carbocycles. The number of anilines is 2. The molecular weight excluding hydrogens is 466 g/mol. The van der Waals surface area contributed by atoms with E-state index in [9.17, 15) is 4.79 Å². The van der Waals surface area contributed by atoms with Gasteiger partial charge in [-0.05, 0) is 79.8 Å². The molecule has 5 nitrogen and oxygen atoms in total. The van der Waals surface area contributed by atoms with Crippen LogP contribution in [0.2, 0.25) is 0 Å². The highest BCUT2D eigenvalue weighted by Crippen LogP contribution is 2.27. The molecular formula is C30H39N3O2S. The number of aromatic nitrogens is 1. The van der Waals surface area contributed by atoms with E-state index in [-0.39, 0.29) is 5.91 Å². The number of amides is 1. The molecule has 1 N–H and O–H groups in total. The Kier molecular flexibility index (Phi) is 13.2. The lowest BCUT2D eigenvalue weighted by Crippen LogP contribution is -2.15. The van der Waals surface area contributed by atoms with E-state index in [1.807, 2.05) is 61.4 Å². The van der Waals surface area contributed by atoms with Crippen LogP contribution >= 0.6 is 11.9 Å². The Balaban J connectivity index is 0.000000351. The number of nitrogens with zero attached hydrogens (tertiary/aromatic N) is 2. The third-order valence-electron chi connectivity index (χ3n) is 5.40. The van der Waals surface area contributed by atoms with Gasteiger partial charge in [-0.1, -0.05) is 64.5 Å². The molecule has 36 heavy (non-hydrogen) atoms. The lowest BCUT2D eigenvalue weighted by molar-refractivity contribution is 0.102. The highest BCUT2D eigenvalue weighted by Gasteiger charge is 2.12. The maximum Gasteiger partial charge on any atom is 0.255 e. The van der Waals surface area contributed by atoms with Crippen LogP contribution in [0.1, 0.15) is 63.2 Å². The van der Waals surface area contributed by atoms with Crippen LogP contribution in [0.25, 0.3) is 11.1 Å². The van der Waals surface area contributed by atoms with Crippen LogP contribution < -0.4 is 9.62 Å². The van der Waals surface area contributed by atoms with Gasteiger partial charge in [0.25, 0.3) is 5.91 Å². The molecule has 0 spiro atoms. The first-order valence-corrected chi connectivity index (χ1v) is 13.6. The zero-order valence-electron chi connectivity index (χ0n) is 21.8. The van der Waals surface area contributed by atoms with Gasteiger partial charge < -0.3 is 14.0 Å². The number of fused-ring (bicyclic) bond motifs is 1. The lowest BCUT2D eigenvalue weighted by atomic mass is 10.1. The monoisotopic (exact) mass is 505 g/mol. The number of nitrogens with one attached hydrogen (secondary N) is 1. The summed E-state index contributed by atoms with van der Waals surface area (Å²) < 4.78 is 7.54. The van der Waals surface area contributed by atoms with Crippen molar-refractivity contribution in [1.82, 2.24) is 4.98 Å². The molecule has 0 atom stereocenters. The highest BCUT2D eigenvalue weighted by atomic mass is 32.2. The maximum atomic E-state index is 12.5. The summed E-state index contributed by atoms with van der Waals surface area (Å²) in [7, 11) is 0. The van der Waals surface area contributed by atoms with E-state index in [1.54, 1.807) is 18.2 Å². The van der Waals surface area contributed by atoms with Gasteiger partial charge in [-0.3, -0.25) is 4.79 Å². The van der Waals surface area contributed by atoms with Crippen LogP contribution in [0, 0.1) is 0 Å². The molecule has 192 valence electrons. The number of benzene rings is 2. The normalized spacial score (nSPS) is 13.1. The average molecular weight is 506 g/mol. The van der Waals surface area contributed by atoms with E-state index in [2.05, 4.69) is 41.6 Å². The molecule has 0 unspecified atom stereocenters. The summed E-state index contributed by atoms with van der Waals surface area (Å²) in [5, 5.41) is 2.91. The Morgan fingerprint density at radius 1 is 1.14 bits per heavy atom. The molecule has 1 amide bonds. The predicted octanol–water partition coefficient (Wildman–Crippen LogP) is 8.83. The molecule has 1 aliphatic rings. The predicted molar refractivity (Wildman–Crippen MR) is 157 cm³/mol. The fourth-order valence-electron chi connectivity index (χ4n) is 3.18. The van der Waals surface area contributed by atoms with Crippen LogP contribution in [-0.2, 0) is 0 Å². The Bertz CT molecular complexity index is 1110. The van der Waals surface area contributed by atoms with E-state index in [1.165, 1.54) is 38.5 Å². The number of unbranched alkanes of at least 4 members (excludes halogenated alkanes) is 1. The van der Waals surface area contributed by atoms with E-state index in [0.29, 0.717) is 16.8 Å². The molecule has 1 aromatic heterocycles. The second kappa shape index (κ2) is 16.4. The Labute approximate surface area is 220 Å². The zero-order valence-corrected chi connectivity index (χ0v) is 22.7. The molecule has 1 fully saturated rings. The molecule has 1 aliphatic heterocycles. The van der Waals surface area contributed by atoms with Gasteiger partial charge in [-0.15, -0.1) is 0 Å². The fraction of sp³-hybridized carbons (Fsp3) is 0.333. The van der Waals surface area contributed by atoms with Crippen molar-refractivity contribution in [3.05, 3.63) is 91.4 Å².